The third-order valence-electron chi connectivity index (χ3n) is 5.08. The Hall–Kier alpha value is -2.92. The fourth-order valence-electron chi connectivity index (χ4n) is 3.55. The summed E-state index contributed by atoms with van der Waals surface area (Å²) in [7, 11) is 1.67. The SMILES string of the molecule is CCN(CC)C(CNC(=O)c1ccnc2ccccc12)c1cccc(OC)c1. The molecule has 2 aromatic carbocycles. The van der Waals surface area contributed by atoms with E-state index in [-0.39, 0.29) is 11.9 Å². The van der Waals surface area contributed by atoms with Crippen molar-refractivity contribution in [3.8, 4) is 5.75 Å². The largest absolute Gasteiger partial charge is 0.497 e. The van der Waals surface area contributed by atoms with E-state index in [1.807, 2.05) is 42.5 Å². The number of benzene rings is 2. The van der Waals surface area contributed by atoms with E-state index in [1.165, 1.54) is 0 Å². The van der Waals surface area contributed by atoms with Gasteiger partial charge in [-0.1, -0.05) is 44.2 Å². The molecule has 5 heteroatoms. The van der Waals surface area contributed by atoms with E-state index < -0.39 is 0 Å². The van der Waals surface area contributed by atoms with Crippen molar-refractivity contribution < 1.29 is 9.53 Å². The highest BCUT2D eigenvalue weighted by Crippen LogP contribution is 2.24. The Labute approximate surface area is 166 Å². The van der Waals surface area contributed by atoms with Crippen LogP contribution in [0.2, 0.25) is 0 Å². The maximum Gasteiger partial charge on any atom is 0.252 e. The molecule has 1 heterocycles. The molecule has 0 saturated heterocycles. The van der Waals surface area contributed by atoms with Gasteiger partial charge in [0.1, 0.15) is 5.75 Å². The lowest BCUT2D eigenvalue weighted by Gasteiger charge is -2.30. The van der Waals surface area contributed by atoms with Crippen LogP contribution in [-0.2, 0) is 0 Å². The van der Waals surface area contributed by atoms with Crippen LogP contribution >= 0.6 is 0 Å². The number of hydrogen-bond donors (Lipinski definition) is 1. The van der Waals surface area contributed by atoms with Gasteiger partial charge in [-0.05, 0) is 42.9 Å². The van der Waals surface area contributed by atoms with Crippen molar-refractivity contribution >= 4 is 16.8 Å². The van der Waals surface area contributed by atoms with Gasteiger partial charge < -0.3 is 10.1 Å². The van der Waals surface area contributed by atoms with E-state index in [4.69, 9.17) is 4.74 Å². The van der Waals surface area contributed by atoms with Crippen LogP contribution in [0.3, 0.4) is 0 Å². The van der Waals surface area contributed by atoms with Crippen LogP contribution in [0.15, 0.2) is 60.8 Å². The minimum Gasteiger partial charge on any atom is -0.497 e. The Morgan fingerprint density at radius 2 is 1.89 bits per heavy atom. The quantitative estimate of drug-likeness (QED) is 0.643. The highest BCUT2D eigenvalue weighted by molar-refractivity contribution is 6.05. The first-order valence-electron chi connectivity index (χ1n) is 9.67. The van der Waals surface area contributed by atoms with Crippen LogP contribution in [0, 0.1) is 0 Å². The minimum absolute atomic E-state index is 0.0714. The zero-order valence-corrected chi connectivity index (χ0v) is 16.7. The number of nitrogens with zero attached hydrogens (tertiary/aromatic N) is 2. The summed E-state index contributed by atoms with van der Waals surface area (Å²) in [6.07, 6.45) is 1.68. The molecule has 1 aromatic heterocycles. The molecule has 0 fully saturated rings. The molecule has 0 spiro atoms. The van der Waals surface area contributed by atoms with Crippen LogP contribution in [0.25, 0.3) is 10.9 Å². The number of methoxy groups -OCH3 is 1. The number of rotatable bonds is 8. The van der Waals surface area contributed by atoms with Gasteiger partial charge in [0.15, 0.2) is 0 Å². The molecule has 0 saturated carbocycles. The van der Waals surface area contributed by atoms with Gasteiger partial charge in [-0.15, -0.1) is 0 Å². The van der Waals surface area contributed by atoms with E-state index in [2.05, 4.69) is 35.1 Å². The molecule has 0 bridgehead atoms. The molecule has 1 unspecified atom stereocenters. The van der Waals surface area contributed by atoms with E-state index in [9.17, 15) is 4.79 Å². The van der Waals surface area contributed by atoms with Gasteiger partial charge in [0, 0.05) is 18.1 Å². The minimum atomic E-state index is -0.0846. The number of amides is 1. The standard InChI is InChI=1S/C23H27N3O2/c1-4-26(5-2)22(17-9-8-10-18(15-17)28-3)16-25-23(27)20-13-14-24-21-12-7-6-11-19(20)21/h6-15,22H,4-5,16H2,1-3H3,(H,25,27). The van der Waals surface area contributed by atoms with E-state index in [0.717, 1.165) is 35.3 Å². The van der Waals surface area contributed by atoms with E-state index in [0.29, 0.717) is 12.1 Å². The van der Waals surface area contributed by atoms with Crippen molar-refractivity contribution in [2.45, 2.75) is 19.9 Å². The van der Waals surface area contributed by atoms with Gasteiger partial charge in [0.05, 0.1) is 24.2 Å². The number of fused-ring (bicyclic) bond motifs is 1. The molecule has 0 aliphatic rings. The number of aromatic nitrogens is 1. The molecule has 3 rings (SSSR count). The topological polar surface area (TPSA) is 54.5 Å². The Morgan fingerprint density at radius 3 is 2.64 bits per heavy atom. The summed E-state index contributed by atoms with van der Waals surface area (Å²) in [4.78, 5) is 19.6. The Kier molecular flexibility index (Phi) is 6.61. The monoisotopic (exact) mass is 377 g/mol. The second kappa shape index (κ2) is 9.33. The molecule has 28 heavy (non-hydrogen) atoms. The second-order valence-corrected chi connectivity index (χ2v) is 6.60. The van der Waals surface area contributed by atoms with Gasteiger partial charge in [0.2, 0.25) is 0 Å². The summed E-state index contributed by atoms with van der Waals surface area (Å²) in [5, 5.41) is 3.99. The number of pyridine rings is 1. The van der Waals surface area contributed by atoms with Crippen molar-refractivity contribution in [3.63, 3.8) is 0 Å². The average Bonchev–Trinajstić information content (AvgIpc) is 2.76. The summed E-state index contributed by atoms with van der Waals surface area (Å²) in [6, 6.07) is 17.6. The molecule has 1 atom stereocenters. The van der Waals surface area contributed by atoms with Gasteiger partial charge in [-0.3, -0.25) is 14.7 Å². The first-order chi connectivity index (χ1) is 13.7. The Morgan fingerprint density at radius 1 is 1.11 bits per heavy atom. The fourth-order valence-corrected chi connectivity index (χ4v) is 3.55. The fraction of sp³-hybridized carbons (Fsp3) is 0.304. The van der Waals surface area contributed by atoms with E-state index in [1.54, 1.807) is 19.4 Å². The van der Waals surface area contributed by atoms with Crippen LogP contribution < -0.4 is 10.1 Å². The molecule has 1 amide bonds. The number of carbonyl (C=O) groups excluding carboxylic acids is 1. The lowest BCUT2D eigenvalue weighted by Crippen LogP contribution is -2.38. The predicted molar refractivity (Wildman–Crippen MR) is 113 cm³/mol. The van der Waals surface area contributed by atoms with Crippen molar-refractivity contribution in [2.75, 3.05) is 26.7 Å². The third-order valence-corrected chi connectivity index (χ3v) is 5.08. The van der Waals surface area contributed by atoms with Crippen molar-refractivity contribution in [2.24, 2.45) is 0 Å². The molecule has 1 N–H and O–H groups in total. The molecule has 3 aromatic rings. The molecular formula is C23H27N3O2. The molecule has 0 radical (unpaired) electrons. The highest BCUT2D eigenvalue weighted by atomic mass is 16.5. The molecular weight excluding hydrogens is 350 g/mol. The maximum atomic E-state index is 12.9. The number of ether oxygens (including phenoxy) is 1. The normalized spacial score (nSPS) is 12.1. The number of hydrogen-bond acceptors (Lipinski definition) is 4. The first-order valence-corrected chi connectivity index (χ1v) is 9.67. The van der Waals surface area contributed by atoms with E-state index >= 15 is 0 Å². The summed E-state index contributed by atoms with van der Waals surface area (Å²) in [5.41, 5.74) is 2.60. The molecule has 5 nitrogen and oxygen atoms in total. The smallest absolute Gasteiger partial charge is 0.252 e. The number of likely N-dealkylation sites (N-methyl/N-ethyl adjacent to an activating group) is 1. The van der Waals surface area contributed by atoms with Crippen molar-refractivity contribution in [1.29, 1.82) is 0 Å². The summed E-state index contributed by atoms with van der Waals surface area (Å²) >= 11 is 0. The second-order valence-electron chi connectivity index (χ2n) is 6.60. The number of nitrogens with one attached hydrogen (secondary N) is 1. The Balaban J connectivity index is 1.83. The first kappa shape index (κ1) is 19.8. The number of para-hydroxylation sites is 1. The summed E-state index contributed by atoms with van der Waals surface area (Å²) in [5.74, 6) is 0.736. The highest BCUT2D eigenvalue weighted by Gasteiger charge is 2.20. The predicted octanol–water partition coefficient (Wildman–Crippen LogP) is 4.06. The van der Waals surface area contributed by atoms with Crippen molar-refractivity contribution in [3.05, 3.63) is 71.9 Å². The summed E-state index contributed by atoms with van der Waals surface area (Å²) < 4.78 is 5.38. The molecule has 0 aliphatic heterocycles. The zero-order valence-electron chi connectivity index (χ0n) is 16.7. The van der Waals surface area contributed by atoms with Gasteiger partial charge in [-0.25, -0.2) is 0 Å². The lowest BCUT2D eigenvalue weighted by molar-refractivity contribution is 0.0936. The Bertz CT molecular complexity index is 933. The zero-order chi connectivity index (χ0) is 19.9. The van der Waals surface area contributed by atoms with Crippen molar-refractivity contribution in [1.82, 2.24) is 15.2 Å². The number of carbonyl (C=O) groups is 1. The van der Waals surface area contributed by atoms with Gasteiger partial charge in [0.25, 0.3) is 5.91 Å². The maximum absolute atomic E-state index is 12.9. The van der Waals surface area contributed by atoms with Gasteiger partial charge in [-0.2, -0.15) is 0 Å². The van der Waals surface area contributed by atoms with Crippen LogP contribution in [0.5, 0.6) is 5.75 Å². The average molecular weight is 377 g/mol. The van der Waals surface area contributed by atoms with Gasteiger partial charge >= 0.3 is 0 Å². The lowest BCUT2D eigenvalue weighted by atomic mass is 10.0. The summed E-state index contributed by atoms with van der Waals surface area (Å²) in [6.45, 7) is 6.58. The van der Waals surface area contributed by atoms with Crippen LogP contribution in [0.4, 0.5) is 0 Å². The molecule has 0 aliphatic carbocycles. The third kappa shape index (κ3) is 4.31. The van der Waals surface area contributed by atoms with Crippen LogP contribution in [0.1, 0.15) is 35.8 Å². The van der Waals surface area contributed by atoms with Crippen LogP contribution in [-0.4, -0.2) is 42.5 Å². The molecule has 146 valence electrons.